The van der Waals surface area contributed by atoms with Gasteiger partial charge >= 0.3 is 0 Å². The fraction of sp³-hybridized carbons (Fsp3) is 0.200. The minimum absolute atomic E-state index is 0.327. The van der Waals surface area contributed by atoms with Crippen molar-refractivity contribution in [2.75, 3.05) is 6.61 Å². The number of fused-ring (bicyclic) bond motifs is 1. The van der Waals surface area contributed by atoms with Crippen LogP contribution in [-0.4, -0.2) is 16.6 Å². The van der Waals surface area contributed by atoms with E-state index in [1.165, 1.54) is 29.8 Å². The van der Waals surface area contributed by atoms with Crippen molar-refractivity contribution in [2.24, 2.45) is 0 Å². The number of alkyl halides is 1. The highest BCUT2D eigenvalue weighted by Gasteiger charge is 2.19. The molecule has 0 unspecified atom stereocenters. The Balaban J connectivity index is 2.28. The summed E-state index contributed by atoms with van der Waals surface area (Å²) in [5.41, 5.74) is 2.64. The lowest BCUT2D eigenvalue weighted by atomic mass is 10.1. The van der Waals surface area contributed by atoms with E-state index in [1.54, 1.807) is 6.07 Å². The first-order valence-electron chi connectivity index (χ1n) is 6.56. The topological polar surface area (TPSA) is 35.0 Å². The molecule has 3 rings (SSSR count). The van der Waals surface area contributed by atoms with Crippen molar-refractivity contribution in [3.63, 3.8) is 0 Å². The standard InChI is InChI=1S/C15H11BrClFN2OS/c1-2-21-11-5-8(18)3-4-9(11)13-10(6-16)12-14(22-13)15(17)20-7-19-12/h3-5,7H,2,6H2,1H3. The average molecular weight is 402 g/mol. The smallest absolute Gasteiger partial charge is 0.150 e. The van der Waals surface area contributed by atoms with Crippen LogP contribution in [0.5, 0.6) is 5.75 Å². The highest BCUT2D eigenvalue weighted by atomic mass is 79.9. The summed E-state index contributed by atoms with van der Waals surface area (Å²) in [6.07, 6.45) is 1.45. The van der Waals surface area contributed by atoms with E-state index in [2.05, 4.69) is 25.9 Å². The van der Waals surface area contributed by atoms with Crippen molar-refractivity contribution < 1.29 is 9.13 Å². The molecule has 114 valence electrons. The second kappa shape index (κ2) is 6.48. The number of aromatic nitrogens is 2. The summed E-state index contributed by atoms with van der Waals surface area (Å²) in [7, 11) is 0. The molecule has 0 atom stereocenters. The van der Waals surface area contributed by atoms with E-state index < -0.39 is 0 Å². The fourth-order valence-electron chi connectivity index (χ4n) is 2.23. The first-order valence-corrected chi connectivity index (χ1v) is 8.87. The molecule has 0 aliphatic carbocycles. The van der Waals surface area contributed by atoms with Crippen molar-refractivity contribution in [1.82, 2.24) is 9.97 Å². The molecule has 0 aliphatic heterocycles. The van der Waals surface area contributed by atoms with Crippen LogP contribution >= 0.6 is 38.9 Å². The monoisotopic (exact) mass is 400 g/mol. The Hall–Kier alpha value is -1.24. The van der Waals surface area contributed by atoms with Gasteiger partial charge in [0.25, 0.3) is 0 Å². The van der Waals surface area contributed by atoms with Gasteiger partial charge < -0.3 is 4.74 Å². The number of hydrogen-bond acceptors (Lipinski definition) is 4. The molecular formula is C15H11BrClFN2OS. The summed E-state index contributed by atoms with van der Waals surface area (Å²) in [4.78, 5) is 9.30. The van der Waals surface area contributed by atoms with Crippen LogP contribution in [0.2, 0.25) is 5.15 Å². The zero-order valence-corrected chi connectivity index (χ0v) is 14.7. The van der Waals surface area contributed by atoms with Gasteiger partial charge in [-0.1, -0.05) is 27.5 Å². The SMILES string of the molecule is CCOc1cc(F)ccc1-c1sc2c(Cl)ncnc2c1CBr. The third kappa shape index (κ3) is 2.71. The number of thiophene rings is 1. The molecule has 2 heterocycles. The van der Waals surface area contributed by atoms with Gasteiger partial charge in [-0.3, -0.25) is 0 Å². The summed E-state index contributed by atoms with van der Waals surface area (Å²) in [5, 5.41) is 1.03. The van der Waals surface area contributed by atoms with Crippen LogP contribution in [0.15, 0.2) is 24.5 Å². The lowest BCUT2D eigenvalue weighted by Crippen LogP contribution is -1.95. The Morgan fingerprint density at radius 3 is 2.91 bits per heavy atom. The van der Waals surface area contributed by atoms with E-state index in [0.29, 0.717) is 22.8 Å². The Morgan fingerprint density at radius 1 is 1.36 bits per heavy atom. The van der Waals surface area contributed by atoms with E-state index in [4.69, 9.17) is 16.3 Å². The van der Waals surface area contributed by atoms with Gasteiger partial charge in [-0.15, -0.1) is 11.3 Å². The first kappa shape index (κ1) is 15.6. The second-order valence-corrected chi connectivity index (χ2v) is 6.40. The molecule has 0 amide bonds. The van der Waals surface area contributed by atoms with E-state index >= 15 is 0 Å². The van der Waals surface area contributed by atoms with Crippen molar-refractivity contribution in [2.45, 2.75) is 12.3 Å². The van der Waals surface area contributed by atoms with Crippen LogP contribution in [0.25, 0.3) is 20.7 Å². The summed E-state index contributed by atoms with van der Waals surface area (Å²) >= 11 is 11.1. The molecule has 3 aromatic rings. The molecule has 1 aromatic carbocycles. The molecule has 0 N–H and O–H groups in total. The zero-order chi connectivity index (χ0) is 15.7. The fourth-order valence-corrected chi connectivity index (χ4v) is 4.39. The van der Waals surface area contributed by atoms with Crippen LogP contribution in [-0.2, 0) is 5.33 Å². The molecule has 0 saturated carbocycles. The molecule has 2 aromatic heterocycles. The maximum absolute atomic E-state index is 13.5. The maximum Gasteiger partial charge on any atom is 0.150 e. The molecule has 22 heavy (non-hydrogen) atoms. The summed E-state index contributed by atoms with van der Waals surface area (Å²) < 4.78 is 19.9. The van der Waals surface area contributed by atoms with E-state index in [1.807, 2.05) is 6.92 Å². The van der Waals surface area contributed by atoms with Gasteiger partial charge in [0.2, 0.25) is 0 Å². The molecule has 0 radical (unpaired) electrons. The van der Waals surface area contributed by atoms with Gasteiger partial charge in [-0.2, -0.15) is 0 Å². The van der Waals surface area contributed by atoms with Gasteiger partial charge in [0.05, 0.1) is 16.8 Å². The Labute approximate surface area is 144 Å². The number of nitrogens with zero attached hydrogens (tertiary/aromatic N) is 2. The molecule has 0 fully saturated rings. The van der Waals surface area contributed by atoms with Crippen molar-refractivity contribution in [3.05, 3.63) is 41.1 Å². The van der Waals surface area contributed by atoms with Crippen LogP contribution in [0.3, 0.4) is 0 Å². The lowest BCUT2D eigenvalue weighted by molar-refractivity contribution is 0.340. The number of rotatable bonds is 4. The first-order chi connectivity index (χ1) is 10.7. The summed E-state index contributed by atoms with van der Waals surface area (Å²) in [5.74, 6) is 0.187. The number of benzene rings is 1. The van der Waals surface area contributed by atoms with Gasteiger partial charge in [0.15, 0.2) is 0 Å². The third-order valence-electron chi connectivity index (χ3n) is 3.15. The Bertz CT molecular complexity index is 840. The minimum Gasteiger partial charge on any atom is -0.493 e. The van der Waals surface area contributed by atoms with Crippen LogP contribution in [0, 0.1) is 5.82 Å². The molecule has 0 saturated heterocycles. The van der Waals surface area contributed by atoms with Gasteiger partial charge in [-0.25, -0.2) is 14.4 Å². The maximum atomic E-state index is 13.5. The summed E-state index contributed by atoms with van der Waals surface area (Å²) in [6, 6.07) is 4.54. The number of ether oxygens (including phenoxy) is 1. The van der Waals surface area contributed by atoms with E-state index in [0.717, 1.165) is 26.2 Å². The molecular weight excluding hydrogens is 391 g/mol. The van der Waals surface area contributed by atoms with Crippen LogP contribution in [0.1, 0.15) is 12.5 Å². The van der Waals surface area contributed by atoms with Gasteiger partial charge in [-0.05, 0) is 19.1 Å². The summed E-state index contributed by atoms with van der Waals surface area (Å²) in [6.45, 7) is 2.33. The predicted octanol–water partition coefficient (Wildman–Crippen LogP) is 5.44. The van der Waals surface area contributed by atoms with Crippen LogP contribution < -0.4 is 4.74 Å². The molecule has 0 bridgehead atoms. The average Bonchev–Trinajstić information content (AvgIpc) is 2.87. The normalized spacial score (nSPS) is 11.1. The zero-order valence-electron chi connectivity index (χ0n) is 11.6. The van der Waals surface area contributed by atoms with E-state index in [-0.39, 0.29) is 5.82 Å². The quantitative estimate of drug-likeness (QED) is 0.431. The number of halogens is 3. The third-order valence-corrected chi connectivity index (χ3v) is 5.37. The molecule has 0 aliphatic rings. The van der Waals surface area contributed by atoms with Gasteiger partial charge in [0.1, 0.15) is 23.0 Å². The van der Waals surface area contributed by atoms with Gasteiger partial charge in [0, 0.05) is 27.4 Å². The van der Waals surface area contributed by atoms with Crippen molar-refractivity contribution in [3.8, 4) is 16.2 Å². The molecule has 3 nitrogen and oxygen atoms in total. The van der Waals surface area contributed by atoms with Crippen molar-refractivity contribution >= 4 is 49.1 Å². The Kier molecular flexibility index (Phi) is 4.61. The number of hydrogen-bond donors (Lipinski definition) is 0. The predicted molar refractivity (Wildman–Crippen MR) is 91.6 cm³/mol. The Morgan fingerprint density at radius 2 is 2.18 bits per heavy atom. The minimum atomic E-state index is -0.327. The van der Waals surface area contributed by atoms with Crippen LogP contribution in [0.4, 0.5) is 4.39 Å². The second-order valence-electron chi connectivity index (χ2n) is 4.46. The van der Waals surface area contributed by atoms with E-state index in [9.17, 15) is 4.39 Å². The highest BCUT2D eigenvalue weighted by molar-refractivity contribution is 9.08. The molecule has 7 heteroatoms. The largest absolute Gasteiger partial charge is 0.493 e. The highest BCUT2D eigenvalue weighted by Crippen LogP contribution is 2.44. The van der Waals surface area contributed by atoms with Crippen molar-refractivity contribution in [1.29, 1.82) is 0 Å². The molecule has 0 spiro atoms. The lowest BCUT2D eigenvalue weighted by Gasteiger charge is -2.10.